The summed E-state index contributed by atoms with van der Waals surface area (Å²) in [6, 6.07) is 5.76. The maximum absolute atomic E-state index is 13.0. The summed E-state index contributed by atoms with van der Waals surface area (Å²) < 4.78 is 26.0. The second kappa shape index (κ2) is 5.64. The molecule has 1 aromatic rings. The molecule has 0 amide bonds. The van der Waals surface area contributed by atoms with E-state index in [9.17, 15) is 23.7 Å². The number of nitro benzene ring substituents is 1. The molecule has 0 heterocycles. The Bertz CT molecular complexity index is 504. The van der Waals surface area contributed by atoms with Crippen LogP contribution in [0.3, 0.4) is 0 Å². The zero-order chi connectivity index (χ0) is 14.8. The predicted molar refractivity (Wildman–Crippen MR) is 68.7 cm³/mol. The van der Waals surface area contributed by atoms with Crippen molar-refractivity contribution < 1.29 is 18.5 Å². The fraction of sp³-hybridized carbons (Fsp3) is 0.500. The Kier molecular flexibility index (Phi) is 4.11. The lowest BCUT2D eigenvalue weighted by atomic mass is 9.82. The molecule has 1 aliphatic carbocycles. The number of hydrogen-bond acceptors (Lipinski definition) is 3. The fourth-order valence-electron chi connectivity index (χ4n) is 2.44. The number of alkyl halides is 2. The average Bonchev–Trinajstić information content (AvgIpc) is 2.39. The minimum absolute atomic E-state index is 0.0292. The number of carbonyl (C=O) groups is 1. The monoisotopic (exact) mass is 283 g/mol. The number of hydrogen-bond donors (Lipinski definition) is 0. The van der Waals surface area contributed by atoms with Crippen LogP contribution in [0.2, 0.25) is 0 Å². The third kappa shape index (κ3) is 3.59. The van der Waals surface area contributed by atoms with Gasteiger partial charge in [0, 0.05) is 37.3 Å². The van der Waals surface area contributed by atoms with Gasteiger partial charge in [0.25, 0.3) is 5.69 Å². The maximum Gasteiger partial charge on any atom is 0.269 e. The van der Waals surface area contributed by atoms with Crippen LogP contribution in [0.15, 0.2) is 24.3 Å². The van der Waals surface area contributed by atoms with Gasteiger partial charge in [0.2, 0.25) is 5.92 Å². The highest BCUT2D eigenvalue weighted by molar-refractivity contribution is 5.83. The molecule has 6 heteroatoms. The molecule has 0 aromatic heterocycles. The molecule has 20 heavy (non-hydrogen) atoms. The number of non-ortho nitro benzene ring substituents is 1. The van der Waals surface area contributed by atoms with E-state index >= 15 is 0 Å². The first-order valence-corrected chi connectivity index (χ1v) is 6.51. The number of nitro groups is 1. The van der Waals surface area contributed by atoms with E-state index in [-0.39, 0.29) is 49.5 Å². The van der Waals surface area contributed by atoms with Crippen LogP contribution in [0.5, 0.6) is 0 Å². The lowest BCUT2D eigenvalue weighted by Crippen LogP contribution is -2.29. The largest absolute Gasteiger partial charge is 0.299 e. The number of Topliss-reactive ketones (excluding diaryl/α,β-unsaturated/α-hetero) is 1. The van der Waals surface area contributed by atoms with Crippen LogP contribution in [0.1, 0.15) is 31.2 Å². The number of nitrogens with zero attached hydrogens (tertiary/aromatic N) is 1. The third-order valence-corrected chi connectivity index (χ3v) is 3.70. The van der Waals surface area contributed by atoms with E-state index in [1.54, 1.807) is 0 Å². The molecular formula is C14H15F2NO3. The van der Waals surface area contributed by atoms with E-state index in [0.29, 0.717) is 5.56 Å². The number of benzene rings is 1. The predicted octanol–water partition coefficient (Wildman–Crippen LogP) is 3.53. The molecule has 1 aromatic carbocycles. The van der Waals surface area contributed by atoms with Crippen molar-refractivity contribution in [2.24, 2.45) is 5.92 Å². The molecule has 0 bridgehead atoms. The molecule has 2 rings (SSSR count). The topological polar surface area (TPSA) is 60.2 Å². The maximum atomic E-state index is 13.0. The summed E-state index contributed by atoms with van der Waals surface area (Å²) in [6.07, 6.45) is 0.124. The van der Waals surface area contributed by atoms with Gasteiger partial charge in [-0.25, -0.2) is 8.78 Å². The van der Waals surface area contributed by atoms with Crippen LogP contribution in [0.25, 0.3) is 0 Å². The summed E-state index contributed by atoms with van der Waals surface area (Å²) in [5.74, 6) is -3.01. The molecule has 0 radical (unpaired) electrons. The van der Waals surface area contributed by atoms with Gasteiger partial charge >= 0.3 is 0 Å². The van der Waals surface area contributed by atoms with Crippen LogP contribution < -0.4 is 0 Å². The van der Waals surface area contributed by atoms with Crippen molar-refractivity contribution in [3.63, 3.8) is 0 Å². The highest BCUT2D eigenvalue weighted by atomic mass is 19.3. The van der Waals surface area contributed by atoms with E-state index in [4.69, 9.17) is 0 Å². The summed E-state index contributed by atoms with van der Waals surface area (Å²) in [7, 11) is 0. The van der Waals surface area contributed by atoms with Crippen LogP contribution >= 0.6 is 0 Å². The van der Waals surface area contributed by atoms with Crippen molar-refractivity contribution in [1.29, 1.82) is 0 Å². The number of halogens is 2. The highest BCUT2D eigenvalue weighted by Gasteiger charge is 2.37. The number of ketones is 1. The molecule has 108 valence electrons. The molecule has 0 unspecified atom stereocenters. The second-order valence-corrected chi connectivity index (χ2v) is 5.20. The Morgan fingerprint density at radius 2 is 1.80 bits per heavy atom. The molecular weight excluding hydrogens is 268 g/mol. The summed E-state index contributed by atoms with van der Waals surface area (Å²) >= 11 is 0. The third-order valence-electron chi connectivity index (χ3n) is 3.70. The van der Waals surface area contributed by atoms with Gasteiger partial charge in [-0.2, -0.15) is 0 Å². The minimum Gasteiger partial charge on any atom is -0.299 e. The molecule has 0 atom stereocenters. The molecule has 0 spiro atoms. The van der Waals surface area contributed by atoms with E-state index < -0.39 is 10.8 Å². The minimum atomic E-state index is -2.63. The van der Waals surface area contributed by atoms with Crippen molar-refractivity contribution in [2.45, 2.75) is 38.0 Å². The van der Waals surface area contributed by atoms with Crippen LogP contribution in [-0.4, -0.2) is 16.6 Å². The Morgan fingerprint density at radius 3 is 2.30 bits per heavy atom. The lowest BCUT2D eigenvalue weighted by Gasteiger charge is -2.27. The van der Waals surface area contributed by atoms with Gasteiger partial charge in [0.05, 0.1) is 4.92 Å². The molecule has 1 fully saturated rings. The smallest absolute Gasteiger partial charge is 0.269 e. The summed E-state index contributed by atoms with van der Waals surface area (Å²) in [4.78, 5) is 22.0. The number of rotatable bonds is 4. The summed E-state index contributed by atoms with van der Waals surface area (Å²) in [6.45, 7) is 0. The fourth-order valence-corrected chi connectivity index (χ4v) is 2.44. The number of carbonyl (C=O) groups excluding carboxylic acids is 1. The van der Waals surface area contributed by atoms with E-state index in [1.807, 2.05) is 0 Å². The lowest BCUT2D eigenvalue weighted by molar-refractivity contribution is -0.384. The highest BCUT2D eigenvalue weighted by Crippen LogP contribution is 2.36. The summed E-state index contributed by atoms with van der Waals surface area (Å²) in [5, 5.41) is 10.5. The molecule has 0 aliphatic heterocycles. The van der Waals surface area contributed by atoms with Gasteiger partial charge in [-0.3, -0.25) is 14.9 Å². The van der Waals surface area contributed by atoms with Gasteiger partial charge in [-0.05, 0) is 18.4 Å². The van der Waals surface area contributed by atoms with Gasteiger partial charge in [-0.15, -0.1) is 0 Å². The van der Waals surface area contributed by atoms with E-state index in [0.717, 1.165) is 0 Å². The first-order chi connectivity index (χ1) is 9.37. The average molecular weight is 283 g/mol. The Morgan fingerprint density at radius 1 is 1.25 bits per heavy atom. The van der Waals surface area contributed by atoms with Crippen LogP contribution in [-0.2, 0) is 11.2 Å². The standard InChI is InChI=1S/C14H15F2NO3/c15-14(16)7-5-11(6-8-14)13(18)9-10-1-3-12(4-2-10)17(19)20/h1-4,11H,5-9H2. The molecule has 0 saturated heterocycles. The Labute approximate surface area is 114 Å². The van der Waals surface area contributed by atoms with Crippen molar-refractivity contribution in [3.05, 3.63) is 39.9 Å². The Balaban J connectivity index is 1.93. The van der Waals surface area contributed by atoms with Crippen molar-refractivity contribution in [2.75, 3.05) is 0 Å². The molecule has 1 saturated carbocycles. The quantitative estimate of drug-likeness (QED) is 0.627. The molecule has 4 nitrogen and oxygen atoms in total. The zero-order valence-electron chi connectivity index (χ0n) is 10.9. The SMILES string of the molecule is O=C(Cc1ccc([N+](=O)[O-])cc1)C1CCC(F)(F)CC1. The van der Waals surface area contributed by atoms with Gasteiger partial charge in [-0.1, -0.05) is 12.1 Å². The first kappa shape index (κ1) is 14.6. The van der Waals surface area contributed by atoms with Crippen LogP contribution in [0.4, 0.5) is 14.5 Å². The molecule has 0 N–H and O–H groups in total. The second-order valence-electron chi connectivity index (χ2n) is 5.20. The normalized spacial score (nSPS) is 18.7. The van der Waals surface area contributed by atoms with Crippen molar-refractivity contribution in [3.8, 4) is 0 Å². The first-order valence-electron chi connectivity index (χ1n) is 6.51. The van der Waals surface area contributed by atoms with E-state index in [2.05, 4.69) is 0 Å². The van der Waals surface area contributed by atoms with Gasteiger partial charge in [0.15, 0.2) is 0 Å². The van der Waals surface area contributed by atoms with Crippen molar-refractivity contribution in [1.82, 2.24) is 0 Å². The zero-order valence-corrected chi connectivity index (χ0v) is 10.9. The van der Waals surface area contributed by atoms with Crippen LogP contribution in [0, 0.1) is 16.0 Å². The summed E-state index contributed by atoms with van der Waals surface area (Å²) in [5.41, 5.74) is 0.649. The van der Waals surface area contributed by atoms with Crippen molar-refractivity contribution >= 4 is 11.5 Å². The van der Waals surface area contributed by atoms with Gasteiger partial charge < -0.3 is 0 Å². The molecule has 1 aliphatic rings. The van der Waals surface area contributed by atoms with E-state index in [1.165, 1.54) is 24.3 Å². The van der Waals surface area contributed by atoms with Gasteiger partial charge in [0.1, 0.15) is 5.78 Å². The Hall–Kier alpha value is -1.85.